The highest BCUT2D eigenvalue weighted by atomic mass is 16.1. The molecule has 0 saturated carbocycles. The van der Waals surface area contributed by atoms with Crippen LogP contribution in [0.3, 0.4) is 0 Å². The maximum Gasteiger partial charge on any atom is 0.251 e. The second-order valence-corrected chi connectivity index (χ2v) is 8.44. The van der Waals surface area contributed by atoms with Crippen molar-refractivity contribution in [2.45, 2.75) is 19.0 Å². The van der Waals surface area contributed by atoms with Crippen molar-refractivity contribution in [2.24, 2.45) is 0 Å². The van der Waals surface area contributed by atoms with Crippen LogP contribution < -0.4 is 21.5 Å². The lowest BCUT2D eigenvalue weighted by Gasteiger charge is -2.21. The van der Waals surface area contributed by atoms with Crippen LogP contribution in [0.4, 0.5) is 11.4 Å². The molecule has 4 aromatic rings. The molecule has 170 valence electrons. The standard InChI is InChI=1S/C28H27N5O/c1-19-25-15-22(12-13-26(25)33-32-19)23-14-24(17-29-16-23)31-27(20-8-4-2-5-9-20)18-30-28(34)21-10-6-3-7-11-21/h2-17,19,27,31-33H,18H2,1H3,(H,30,34)/t19?,27-/m0/s1. The van der Waals surface area contributed by atoms with E-state index in [1.54, 1.807) is 0 Å². The number of nitrogens with zero attached hydrogens (tertiary/aromatic N) is 1. The number of rotatable bonds is 7. The van der Waals surface area contributed by atoms with Crippen LogP contribution in [0, 0.1) is 0 Å². The number of anilines is 2. The predicted octanol–water partition coefficient (Wildman–Crippen LogP) is 5.32. The Kier molecular flexibility index (Phi) is 6.23. The van der Waals surface area contributed by atoms with Crippen LogP contribution >= 0.6 is 0 Å². The molecular formula is C28H27N5O. The van der Waals surface area contributed by atoms with E-state index in [2.05, 4.69) is 69.8 Å². The van der Waals surface area contributed by atoms with Crippen molar-refractivity contribution in [1.29, 1.82) is 0 Å². The highest BCUT2D eigenvalue weighted by molar-refractivity contribution is 5.94. The summed E-state index contributed by atoms with van der Waals surface area (Å²) in [4.78, 5) is 17.1. The first-order valence-corrected chi connectivity index (χ1v) is 11.4. The average molecular weight is 450 g/mol. The molecule has 4 N–H and O–H groups in total. The Morgan fingerprint density at radius 2 is 1.71 bits per heavy atom. The number of nitrogens with one attached hydrogen (secondary N) is 4. The lowest BCUT2D eigenvalue weighted by atomic mass is 10.0. The molecule has 1 amide bonds. The molecule has 3 aromatic carbocycles. The molecular weight excluding hydrogens is 422 g/mol. The Balaban J connectivity index is 1.36. The normalized spacial score (nSPS) is 15.1. The fraction of sp³-hybridized carbons (Fsp3) is 0.143. The summed E-state index contributed by atoms with van der Waals surface area (Å²) in [5.74, 6) is -0.0929. The zero-order valence-electron chi connectivity index (χ0n) is 19.0. The quantitative estimate of drug-likeness (QED) is 0.307. The molecule has 0 spiro atoms. The van der Waals surface area contributed by atoms with Crippen molar-refractivity contribution in [2.75, 3.05) is 17.3 Å². The summed E-state index contributed by atoms with van der Waals surface area (Å²) in [5.41, 5.74) is 13.6. The van der Waals surface area contributed by atoms with E-state index in [1.165, 1.54) is 5.56 Å². The second kappa shape index (κ2) is 9.77. The number of fused-ring (bicyclic) bond motifs is 1. The third-order valence-corrected chi connectivity index (χ3v) is 6.06. The van der Waals surface area contributed by atoms with Gasteiger partial charge in [-0.15, -0.1) is 0 Å². The van der Waals surface area contributed by atoms with Crippen molar-refractivity contribution in [3.8, 4) is 11.1 Å². The molecule has 1 unspecified atom stereocenters. The van der Waals surface area contributed by atoms with Crippen molar-refractivity contribution in [3.63, 3.8) is 0 Å². The Bertz CT molecular complexity index is 1280. The van der Waals surface area contributed by atoms with E-state index in [1.807, 2.05) is 60.9 Å². The van der Waals surface area contributed by atoms with Crippen LogP contribution in [0.5, 0.6) is 0 Å². The maximum atomic E-state index is 12.6. The summed E-state index contributed by atoms with van der Waals surface area (Å²) in [5, 5.41) is 6.63. The lowest BCUT2D eigenvalue weighted by molar-refractivity contribution is 0.0952. The predicted molar refractivity (Wildman–Crippen MR) is 136 cm³/mol. The first-order chi connectivity index (χ1) is 16.7. The minimum Gasteiger partial charge on any atom is -0.375 e. The lowest BCUT2D eigenvalue weighted by Crippen LogP contribution is -2.31. The van der Waals surface area contributed by atoms with Crippen molar-refractivity contribution in [1.82, 2.24) is 15.7 Å². The van der Waals surface area contributed by atoms with Crippen molar-refractivity contribution < 1.29 is 4.79 Å². The monoisotopic (exact) mass is 449 g/mol. The SMILES string of the molecule is CC1NNc2ccc(-c3cncc(N[C@@H](CNC(=O)c4ccccc4)c4ccccc4)c3)cc21. The molecule has 0 fully saturated rings. The molecule has 1 aliphatic rings. The highest BCUT2D eigenvalue weighted by Gasteiger charge is 2.18. The van der Waals surface area contributed by atoms with Gasteiger partial charge in [-0.1, -0.05) is 54.6 Å². The van der Waals surface area contributed by atoms with Gasteiger partial charge in [-0.25, -0.2) is 5.43 Å². The molecule has 1 aliphatic heterocycles. The van der Waals surface area contributed by atoms with Crippen molar-refractivity contribution in [3.05, 3.63) is 114 Å². The summed E-state index contributed by atoms with van der Waals surface area (Å²) in [6.07, 6.45) is 3.69. The largest absolute Gasteiger partial charge is 0.375 e. The van der Waals surface area contributed by atoms with E-state index in [9.17, 15) is 4.79 Å². The van der Waals surface area contributed by atoms with Gasteiger partial charge in [-0.05, 0) is 53.9 Å². The number of hydrazine groups is 1. The Labute approximate surface area is 199 Å². The average Bonchev–Trinajstić information content (AvgIpc) is 3.27. The molecule has 0 aliphatic carbocycles. The van der Waals surface area contributed by atoms with E-state index < -0.39 is 0 Å². The minimum absolute atomic E-state index is 0.0929. The number of pyridine rings is 1. The van der Waals surface area contributed by atoms with Crippen LogP contribution in [0.1, 0.15) is 40.5 Å². The van der Waals surface area contributed by atoms with Gasteiger partial charge < -0.3 is 16.1 Å². The van der Waals surface area contributed by atoms with Gasteiger partial charge >= 0.3 is 0 Å². The fourth-order valence-electron chi connectivity index (χ4n) is 4.18. The number of hydrogen-bond donors (Lipinski definition) is 4. The number of carbonyl (C=O) groups is 1. The van der Waals surface area contributed by atoms with E-state index in [0.717, 1.165) is 28.1 Å². The van der Waals surface area contributed by atoms with Gasteiger partial charge in [0.2, 0.25) is 0 Å². The third kappa shape index (κ3) is 4.77. The molecule has 6 nitrogen and oxygen atoms in total. The van der Waals surface area contributed by atoms with Crippen LogP contribution in [-0.4, -0.2) is 17.4 Å². The number of carbonyl (C=O) groups excluding carboxylic acids is 1. The number of hydrogen-bond acceptors (Lipinski definition) is 5. The zero-order valence-corrected chi connectivity index (χ0v) is 19.0. The van der Waals surface area contributed by atoms with Crippen LogP contribution in [0.15, 0.2) is 97.3 Å². The van der Waals surface area contributed by atoms with Gasteiger partial charge in [0.05, 0.1) is 23.5 Å². The first-order valence-electron chi connectivity index (χ1n) is 11.4. The van der Waals surface area contributed by atoms with E-state index in [4.69, 9.17) is 0 Å². The molecule has 0 radical (unpaired) electrons. The van der Waals surface area contributed by atoms with Gasteiger partial charge in [0, 0.05) is 30.1 Å². The Morgan fingerprint density at radius 3 is 2.50 bits per heavy atom. The minimum atomic E-state index is -0.112. The summed E-state index contributed by atoms with van der Waals surface area (Å²) < 4.78 is 0. The topological polar surface area (TPSA) is 78.1 Å². The summed E-state index contributed by atoms with van der Waals surface area (Å²) in [6, 6.07) is 28.0. The molecule has 5 rings (SSSR count). The Morgan fingerprint density at radius 1 is 0.941 bits per heavy atom. The third-order valence-electron chi connectivity index (χ3n) is 6.06. The molecule has 34 heavy (non-hydrogen) atoms. The molecule has 6 heteroatoms. The van der Waals surface area contributed by atoms with Gasteiger partial charge in [0.1, 0.15) is 0 Å². The van der Waals surface area contributed by atoms with E-state index in [0.29, 0.717) is 12.1 Å². The maximum absolute atomic E-state index is 12.6. The molecule has 2 atom stereocenters. The van der Waals surface area contributed by atoms with Gasteiger partial charge in [0.15, 0.2) is 0 Å². The summed E-state index contributed by atoms with van der Waals surface area (Å²) >= 11 is 0. The van der Waals surface area contributed by atoms with E-state index >= 15 is 0 Å². The van der Waals surface area contributed by atoms with Gasteiger partial charge in [-0.3, -0.25) is 9.78 Å². The fourth-order valence-corrected chi connectivity index (χ4v) is 4.18. The zero-order chi connectivity index (χ0) is 23.3. The highest BCUT2D eigenvalue weighted by Crippen LogP contribution is 2.33. The van der Waals surface area contributed by atoms with Gasteiger partial charge in [-0.2, -0.15) is 0 Å². The number of amides is 1. The molecule has 0 saturated heterocycles. The molecule has 1 aromatic heterocycles. The second-order valence-electron chi connectivity index (χ2n) is 8.44. The van der Waals surface area contributed by atoms with Crippen molar-refractivity contribution >= 4 is 17.3 Å². The summed E-state index contributed by atoms with van der Waals surface area (Å²) in [7, 11) is 0. The number of aromatic nitrogens is 1. The Hall–Kier alpha value is -4.16. The first kappa shape index (κ1) is 21.7. The van der Waals surface area contributed by atoms with Crippen LogP contribution in [-0.2, 0) is 0 Å². The van der Waals surface area contributed by atoms with Crippen LogP contribution in [0.2, 0.25) is 0 Å². The smallest absolute Gasteiger partial charge is 0.251 e. The molecule has 0 bridgehead atoms. The van der Waals surface area contributed by atoms with Crippen LogP contribution in [0.25, 0.3) is 11.1 Å². The van der Waals surface area contributed by atoms with E-state index in [-0.39, 0.29) is 18.0 Å². The molecule has 2 heterocycles. The number of benzene rings is 3. The summed E-state index contributed by atoms with van der Waals surface area (Å²) in [6.45, 7) is 2.57. The van der Waals surface area contributed by atoms with Gasteiger partial charge in [0.25, 0.3) is 5.91 Å².